The largest absolute Gasteiger partial charge is 0.466 e. The second-order valence-electron chi connectivity index (χ2n) is 0.925. The van der Waals surface area contributed by atoms with Gasteiger partial charge in [0, 0.05) is 28.6 Å². The zero-order chi connectivity index (χ0) is 4.99. The van der Waals surface area contributed by atoms with Crippen LogP contribution >= 0.6 is 0 Å². The molecule has 0 heterocycles. The van der Waals surface area contributed by atoms with Gasteiger partial charge in [0.1, 0.15) is 0 Å². The van der Waals surface area contributed by atoms with Crippen LogP contribution in [-0.4, -0.2) is 12.6 Å². The minimum Gasteiger partial charge on any atom is -0.466 e. The molecule has 0 spiro atoms. The zero-order valence-corrected chi connectivity index (χ0v) is 6.09. The third-order valence-electron chi connectivity index (χ3n) is 0.348. The molecule has 0 aliphatic carbocycles. The van der Waals surface area contributed by atoms with Crippen molar-refractivity contribution in [2.75, 3.05) is 6.61 Å². The van der Waals surface area contributed by atoms with Crippen LogP contribution in [0.25, 0.3) is 0 Å². The molecule has 2 nitrogen and oxygen atoms in total. The average molecular weight is 136 g/mol. The summed E-state index contributed by atoms with van der Waals surface area (Å²) in [4.78, 5) is 9.82. The van der Waals surface area contributed by atoms with Crippen molar-refractivity contribution in [3.8, 4) is 0 Å². The molecule has 0 atom stereocenters. The molecule has 0 unspecified atom stereocenters. The number of carbonyl (C=O) groups is 1. The van der Waals surface area contributed by atoms with E-state index in [1.54, 1.807) is 6.92 Å². The molecule has 3 heteroatoms. The SMILES string of the molecule is CCOC(C)=O.[Ti]. The fourth-order valence-electron chi connectivity index (χ4n) is 0.203. The van der Waals surface area contributed by atoms with Crippen molar-refractivity contribution in [2.24, 2.45) is 0 Å². The molecule has 0 rings (SSSR count). The number of ether oxygens (including phenoxy) is 1. The average Bonchev–Trinajstić information content (AvgIpc) is 1.35. The molecule has 40 valence electrons. The van der Waals surface area contributed by atoms with Gasteiger partial charge in [0.2, 0.25) is 0 Å². The van der Waals surface area contributed by atoms with Crippen LogP contribution in [-0.2, 0) is 31.2 Å². The van der Waals surface area contributed by atoms with Crippen LogP contribution in [0.1, 0.15) is 13.8 Å². The molecular formula is C4H8O2Ti. The van der Waals surface area contributed by atoms with Crippen molar-refractivity contribution < 1.29 is 31.2 Å². The van der Waals surface area contributed by atoms with Gasteiger partial charge in [0.15, 0.2) is 0 Å². The zero-order valence-electron chi connectivity index (χ0n) is 4.52. The second-order valence-corrected chi connectivity index (χ2v) is 0.925. The monoisotopic (exact) mass is 136 g/mol. The van der Waals surface area contributed by atoms with E-state index in [1.807, 2.05) is 0 Å². The van der Waals surface area contributed by atoms with Crippen molar-refractivity contribution in [2.45, 2.75) is 13.8 Å². The number of carbonyl (C=O) groups excluding carboxylic acids is 1. The van der Waals surface area contributed by atoms with Crippen molar-refractivity contribution in [1.82, 2.24) is 0 Å². The molecule has 0 saturated heterocycles. The van der Waals surface area contributed by atoms with E-state index in [0.29, 0.717) is 6.61 Å². The van der Waals surface area contributed by atoms with Crippen LogP contribution in [0.2, 0.25) is 0 Å². The maximum atomic E-state index is 9.82. The normalized spacial score (nSPS) is 6.57. The van der Waals surface area contributed by atoms with E-state index in [4.69, 9.17) is 0 Å². The van der Waals surface area contributed by atoms with Gasteiger partial charge < -0.3 is 4.74 Å². The molecule has 0 fully saturated rings. The molecule has 7 heavy (non-hydrogen) atoms. The van der Waals surface area contributed by atoms with Gasteiger partial charge in [-0.1, -0.05) is 0 Å². The Kier molecular flexibility index (Phi) is 9.03. The van der Waals surface area contributed by atoms with Gasteiger partial charge in [-0.2, -0.15) is 0 Å². The van der Waals surface area contributed by atoms with Gasteiger partial charge in [-0.15, -0.1) is 0 Å². The van der Waals surface area contributed by atoms with Crippen LogP contribution in [0.3, 0.4) is 0 Å². The maximum absolute atomic E-state index is 9.82. The molecule has 0 aliphatic rings. The summed E-state index contributed by atoms with van der Waals surface area (Å²) in [6.45, 7) is 3.65. The molecule has 0 aliphatic heterocycles. The third-order valence-corrected chi connectivity index (χ3v) is 0.348. The first-order valence-corrected chi connectivity index (χ1v) is 1.90. The van der Waals surface area contributed by atoms with E-state index in [0.717, 1.165) is 0 Å². The Morgan fingerprint density at radius 1 is 1.71 bits per heavy atom. The van der Waals surface area contributed by atoms with Gasteiger partial charge in [-0.25, -0.2) is 0 Å². The smallest absolute Gasteiger partial charge is 0.302 e. The Bertz CT molecular complexity index is 53.7. The first-order valence-electron chi connectivity index (χ1n) is 1.90. The Labute approximate surface area is 58.1 Å². The van der Waals surface area contributed by atoms with Crippen LogP contribution in [0.5, 0.6) is 0 Å². The van der Waals surface area contributed by atoms with E-state index in [1.165, 1.54) is 6.92 Å². The van der Waals surface area contributed by atoms with E-state index in [2.05, 4.69) is 4.74 Å². The molecule has 0 aromatic carbocycles. The number of hydrogen-bond acceptors (Lipinski definition) is 2. The topological polar surface area (TPSA) is 26.3 Å². The molecule has 0 amide bonds. The van der Waals surface area contributed by atoms with E-state index < -0.39 is 0 Å². The van der Waals surface area contributed by atoms with Crippen LogP contribution in [0, 0.1) is 0 Å². The molecule has 0 radical (unpaired) electrons. The van der Waals surface area contributed by atoms with E-state index in [9.17, 15) is 4.79 Å². The predicted molar refractivity (Wildman–Crippen MR) is 22.3 cm³/mol. The summed E-state index contributed by atoms with van der Waals surface area (Å²) in [5.74, 6) is -0.211. The summed E-state index contributed by atoms with van der Waals surface area (Å²) >= 11 is 0. The maximum Gasteiger partial charge on any atom is 0.302 e. The van der Waals surface area contributed by atoms with Crippen molar-refractivity contribution in [1.29, 1.82) is 0 Å². The van der Waals surface area contributed by atoms with Crippen molar-refractivity contribution >= 4 is 5.97 Å². The standard InChI is InChI=1S/C4H8O2.Ti/c1-3-6-4(2)5;/h3H2,1-2H3;. The summed E-state index contributed by atoms with van der Waals surface area (Å²) in [5, 5.41) is 0. The summed E-state index contributed by atoms with van der Waals surface area (Å²) in [5.41, 5.74) is 0. The third kappa shape index (κ3) is 10.7. The minimum absolute atomic E-state index is 0. The summed E-state index contributed by atoms with van der Waals surface area (Å²) in [7, 11) is 0. The summed E-state index contributed by atoms with van der Waals surface area (Å²) in [6, 6.07) is 0. The van der Waals surface area contributed by atoms with Crippen molar-refractivity contribution in [3.63, 3.8) is 0 Å². The molecule has 0 aromatic heterocycles. The Morgan fingerprint density at radius 2 is 2.14 bits per heavy atom. The van der Waals surface area contributed by atoms with Gasteiger partial charge in [-0.3, -0.25) is 4.79 Å². The second kappa shape index (κ2) is 6.18. The van der Waals surface area contributed by atoms with E-state index in [-0.39, 0.29) is 27.7 Å². The first kappa shape index (κ1) is 10.2. The van der Waals surface area contributed by atoms with E-state index >= 15 is 0 Å². The van der Waals surface area contributed by atoms with Crippen LogP contribution < -0.4 is 0 Å². The first-order chi connectivity index (χ1) is 2.77. The van der Waals surface area contributed by atoms with Crippen LogP contribution in [0.15, 0.2) is 0 Å². The molecular weight excluding hydrogens is 128 g/mol. The molecule has 0 aromatic rings. The Balaban J connectivity index is 0. The summed E-state index contributed by atoms with van der Waals surface area (Å²) < 4.78 is 4.40. The molecule has 0 bridgehead atoms. The fraction of sp³-hybridized carbons (Fsp3) is 0.750. The fourth-order valence-corrected chi connectivity index (χ4v) is 0.203. The number of esters is 1. The Hall–Kier alpha value is 0.184. The van der Waals surface area contributed by atoms with Crippen LogP contribution in [0.4, 0.5) is 0 Å². The van der Waals surface area contributed by atoms with Crippen molar-refractivity contribution in [3.05, 3.63) is 0 Å². The molecule has 0 saturated carbocycles. The van der Waals surface area contributed by atoms with Gasteiger partial charge in [0.05, 0.1) is 6.61 Å². The summed E-state index contributed by atoms with van der Waals surface area (Å²) in [6.07, 6.45) is 0. The van der Waals surface area contributed by atoms with Gasteiger partial charge in [0.25, 0.3) is 0 Å². The molecule has 0 N–H and O–H groups in total. The predicted octanol–water partition coefficient (Wildman–Crippen LogP) is 0.567. The number of rotatable bonds is 1. The van der Waals surface area contributed by atoms with Gasteiger partial charge >= 0.3 is 5.97 Å². The quantitative estimate of drug-likeness (QED) is 0.389. The number of hydrogen-bond donors (Lipinski definition) is 0. The van der Waals surface area contributed by atoms with Gasteiger partial charge in [-0.05, 0) is 6.92 Å². The minimum atomic E-state index is -0.211. The Morgan fingerprint density at radius 3 is 2.14 bits per heavy atom.